The van der Waals surface area contributed by atoms with Gasteiger partial charge in [0, 0.05) is 30.9 Å². The summed E-state index contributed by atoms with van der Waals surface area (Å²) in [4.78, 5) is 14.4. The molecule has 0 radical (unpaired) electrons. The number of aryl methyl sites for hydroxylation is 1. The van der Waals surface area contributed by atoms with Crippen molar-refractivity contribution >= 4 is 23.6 Å². The molecule has 6 nitrogen and oxygen atoms in total. The maximum Gasteiger partial charge on any atom is 0.246 e. The Hall–Kier alpha value is -3.25. The van der Waals surface area contributed by atoms with Crippen LogP contribution in [-0.4, -0.2) is 41.9 Å². The molecule has 0 atom stereocenters. The van der Waals surface area contributed by atoms with Crippen molar-refractivity contribution < 1.29 is 14.3 Å². The van der Waals surface area contributed by atoms with Gasteiger partial charge in [0.1, 0.15) is 0 Å². The fraction of sp³-hybridized carbons (Fsp3) is 0.250. The van der Waals surface area contributed by atoms with Gasteiger partial charge in [-0.3, -0.25) is 4.79 Å². The Balaban J connectivity index is 1.76. The topological polar surface area (TPSA) is 56.6 Å². The Morgan fingerprint density at radius 3 is 2.52 bits per heavy atom. The summed E-state index contributed by atoms with van der Waals surface area (Å²) in [5, 5.41) is 5.07. The van der Waals surface area contributed by atoms with Gasteiger partial charge in [-0.15, -0.1) is 0 Å². The van der Waals surface area contributed by atoms with Crippen molar-refractivity contribution in [2.24, 2.45) is 0 Å². The van der Waals surface area contributed by atoms with Crippen molar-refractivity contribution in [3.05, 3.63) is 76.1 Å². The number of amides is 1. The van der Waals surface area contributed by atoms with Crippen LogP contribution >= 0.6 is 11.6 Å². The average molecular weight is 440 g/mol. The number of likely N-dealkylation sites (N-methyl/N-ethyl adjacent to an activating group) is 1. The number of nitrogens with zero attached hydrogens (tertiary/aromatic N) is 3. The van der Waals surface area contributed by atoms with Crippen LogP contribution in [0.2, 0.25) is 5.02 Å². The van der Waals surface area contributed by atoms with Crippen LogP contribution in [0.3, 0.4) is 0 Å². The monoisotopic (exact) mass is 439 g/mol. The second kappa shape index (κ2) is 9.71. The average Bonchev–Trinajstić information content (AvgIpc) is 3.05. The van der Waals surface area contributed by atoms with Crippen molar-refractivity contribution in [2.45, 2.75) is 20.4 Å². The summed E-state index contributed by atoms with van der Waals surface area (Å²) in [6, 6.07) is 13.4. The highest BCUT2D eigenvalue weighted by Gasteiger charge is 2.16. The molecular formula is C24H26ClN3O3. The zero-order valence-electron chi connectivity index (χ0n) is 18.3. The molecule has 0 aliphatic heterocycles. The predicted octanol–water partition coefficient (Wildman–Crippen LogP) is 4.83. The summed E-state index contributed by atoms with van der Waals surface area (Å²) in [7, 11) is 4.84. The molecule has 3 aromatic rings. The number of hydrogen-bond donors (Lipinski definition) is 0. The van der Waals surface area contributed by atoms with Gasteiger partial charge < -0.3 is 14.4 Å². The first-order valence-electron chi connectivity index (χ1n) is 9.81. The van der Waals surface area contributed by atoms with Gasteiger partial charge in [-0.2, -0.15) is 5.10 Å². The van der Waals surface area contributed by atoms with E-state index in [-0.39, 0.29) is 5.91 Å². The van der Waals surface area contributed by atoms with Gasteiger partial charge in [-0.1, -0.05) is 29.8 Å². The molecule has 31 heavy (non-hydrogen) atoms. The molecule has 0 aliphatic carbocycles. The molecule has 0 spiro atoms. The number of para-hydroxylation sites is 1. The first kappa shape index (κ1) is 22.4. The minimum absolute atomic E-state index is 0.128. The Morgan fingerprint density at radius 1 is 1.16 bits per heavy atom. The van der Waals surface area contributed by atoms with Crippen LogP contribution < -0.4 is 9.47 Å². The summed E-state index contributed by atoms with van der Waals surface area (Å²) in [6.45, 7) is 4.43. The van der Waals surface area contributed by atoms with Crippen molar-refractivity contribution in [1.82, 2.24) is 14.7 Å². The summed E-state index contributed by atoms with van der Waals surface area (Å²) in [6.07, 6.45) is 3.23. The van der Waals surface area contributed by atoms with Gasteiger partial charge in [-0.05, 0) is 49.8 Å². The van der Waals surface area contributed by atoms with E-state index in [9.17, 15) is 4.79 Å². The van der Waals surface area contributed by atoms with Gasteiger partial charge in [0.2, 0.25) is 5.91 Å². The molecule has 1 amide bonds. The lowest BCUT2D eigenvalue weighted by Crippen LogP contribution is -2.24. The quantitative estimate of drug-likeness (QED) is 0.495. The van der Waals surface area contributed by atoms with E-state index in [1.54, 1.807) is 37.3 Å². The third-order valence-corrected chi connectivity index (χ3v) is 5.37. The third kappa shape index (κ3) is 4.91. The maximum absolute atomic E-state index is 12.7. The SMILES string of the molecule is COc1cc(/C=C/C(=O)N(C)Cc2c(C)nn(-c3ccccc3)c2C)cc(Cl)c1OC. The van der Waals surface area contributed by atoms with Gasteiger partial charge in [-0.25, -0.2) is 4.68 Å². The van der Waals surface area contributed by atoms with Gasteiger partial charge >= 0.3 is 0 Å². The molecule has 1 aromatic heterocycles. The van der Waals surface area contributed by atoms with E-state index in [1.807, 2.05) is 48.9 Å². The molecule has 162 valence electrons. The van der Waals surface area contributed by atoms with E-state index in [2.05, 4.69) is 5.10 Å². The molecule has 0 bridgehead atoms. The normalized spacial score (nSPS) is 11.0. The highest BCUT2D eigenvalue weighted by molar-refractivity contribution is 6.32. The molecule has 3 rings (SSSR count). The fourth-order valence-corrected chi connectivity index (χ4v) is 3.66. The number of ether oxygens (including phenoxy) is 2. The molecule has 7 heteroatoms. The summed E-state index contributed by atoms with van der Waals surface area (Å²) in [5.74, 6) is 0.846. The largest absolute Gasteiger partial charge is 0.493 e. The fourth-order valence-electron chi connectivity index (χ4n) is 3.37. The van der Waals surface area contributed by atoms with Gasteiger partial charge in [0.15, 0.2) is 11.5 Å². The molecule has 0 saturated carbocycles. The summed E-state index contributed by atoms with van der Waals surface area (Å²) >= 11 is 6.24. The van der Waals surface area contributed by atoms with Crippen molar-refractivity contribution in [1.29, 1.82) is 0 Å². The third-order valence-electron chi connectivity index (χ3n) is 5.09. The summed E-state index contributed by atoms with van der Waals surface area (Å²) in [5.41, 5.74) is 4.68. The van der Waals surface area contributed by atoms with Crippen LogP contribution in [-0.2, 0) is 11.3 Å². The molecule has 2 aromatic carbocycles. The number of hydrogen-bond acceptors (Lipinski definition) is 4. The number of benzene rings is 2. The van der Waals surface area contributed by atoms with Crippen LogP contribution in [0, 0.1) is 13.8 Å². The Kier molecular flexibility index (Phi) is 7.02. The first-order valence-corrected chi connectivity index (χ1v) is 10.2. The number of aromatic nitrogens is 2. The second-order valence-corrected chi connectivity index (χ2v) is 7.57. The Morgan fingerprint density at radius 2 is 1.87 bits per heavy atom. The standard InChI is InChI=1S/C24H26ClN3O3/c1-16-20(17(2)28(26-16)19-9-7-6-8-10-19)15-27(3)23(29)12-11-18-13-21(25)24(31-5)22(14-18)30-4/h6-14H,15H2,1-5H3/b12-11+. The van der Waals surface area contributed by atoms with Crippen molar-refractivity contribution in [3.63, 3.8) is 0 Å². The van der Waals surface area contributed by atoms with Gasteiger partial charge in [0.05, 0.1) is 30.6 Å². The molecule has 1 heterocycles. The van der Waals surface area contributed by atoms with Crippen LogP contribution in [0.4, 0.5) is 0 Å². The van der Waals surface area contributed by atoms with Crippen molar-refractivity contribution in [3.8, 4) is 17.2 Å². The van der Waals surface area contributed by atoms with Crippen LogP contribution in [0.25, 0.3) is 11.8 Å². The van der Waals surface area contributed by atoms with Crippen LogP contribution in [0.15, 0.2) is 48.5 Å². The zero-order chi connectivity index (χ0) is 22.5. The minimum Gasteiger partial charge on any atom is -0.493 e. The molecule has 0 unspecified atom stereocenters. The second-order valence-electron chi connectivity index (χ2n) is 7.16. The van der Waals surface area contributed by atoms with E-state index >= 15 is 0 Å². The predicted molar refractivity (Wildman–Crippen MR) is 123 cm³/mol. The van der Waals surface area contributed by atoms with Crippen molar-refractivity contribution in [2.75, 3.05) is 21.3 Å². The Labute approximate surface area is 187 Å². The molecule has 0 saturated heterocycles. The van der Waals surface area contributed by atoms with E-state index in [0.29, 0.717) is 23.1 Å². The smallest absolute Gasteiger partial charge is 0.246 e. The van der Waals surface area contributed by atoms with Crippen LogP contribution in [0.1, 0.15) is 22.5 Å². The number of rotatable bonds is 7. The minimum atomic E-state index is -0.128. The Bertz CT molecular complexity index is 1110. The lowest BCUT2D eigenvalue weighted by atomic mass is 10.1. The highest BCUT2D eigenvalue weighted by atomic mass is 35.5. The first-order chi connectivity index (χ1) is 14.8. The molecule has 0 aliphatic rings. The van der Waals surface area contributed by atoms with E-state index < -0.39 is 0 Å². The number of halogens is 1. The number of carbonyl (C=O) groups is 1. The van der Waals surface area contributed by atoms with E-state index in [1.165, 1.54) is 13.2 Å². The van der Waals surface area contributed by atoms with Crippen LogP contribution in [0.5, 0.6) is 11.5 Å². The van der Waals surface area contributed by atoms with Gasteiger partial charge in [0.25, 0.3) is 0 Å². The number of methoxy groups -OCH3 is 2. The molecular weight excluding hydrogens is 414 g/mol. The molecule has 0 fully saturated rings. The summed E-state index contributed by atoms with van der Waals surface area (Å²) < 4.78 is 12.5. The lowest BCUT2D eigenvalue weighted by molar-refractivity contribution is -0.125. The molecule has 0 N–H and O–H groups in total. The van der Waals surface area contributed by atoms with E-state index in [0.717, 1.165) is 28.2 Å². The highest BCUT2D eigenvalue weighted by Crippen LogP contribution is 2.36. The van der Waals surface area contributed by atoms with E-state index in [4.69, 9.17) is 21.1 Å². The zero-order valence-corrected chi connectivity index (χ0v) is 19.1. The lowest BCUT2D eigenvalue weighted by Gasteiger charge is -2.16. The number of carbonyl (C=O) groups excluding carboxylic acids is 1. The maximum atomic E-state index is 12.7.